The van der Waals surface area contributed by atoms with Crippen molar-refractivity contribution in [2.45, 2.75) is 6.18 Å². The second kappa shape index (κ2) is 6.61. The van der Waals surface area contributed by atoms with Gasteiger partial charge in [0.05, 0.1) is 25.0 Å². The van der Waals surface area contributed by atoms with Crippen molar-refractivity contribution in [3.63, 3.8) is 0 Å². The molecule has 1 aromatic rings. The summed E-state index contributed by atoms with van der Waals surface area (Å²) >= 11 is 0. The van der Waals surface area contributed by atoms with Gasteiger partial charge in [-0.3, -0.25) is 0 Å². The first-order chi connectivity index (χ1) is 9.69. The van der Waals surface area contributed by atoms with Crippen molar-refractivity contribution < 1.29 is 32.2 Å². The third-order valence-electron chi connectivity index (χ3n) is 2.61. The molecule has 0 atom stereocenters. The smallest absolute Gasteiger partial charge is 0.405 e. The molecular formula is C12H14F4N2O3. The normalized spacial score (nSPS) is 11.3. The number of ether oxygens (including phenoxy) is 1. The number of hydrogen-bond donors (Lipinski definition) is 2. The molecular weight excluding hydrogens is 296 g/mol. The fourth-order valence-electron chi connectivity index (χ4n) is 1.73. The lowest BCUT2D eigenvalue weighted by molar-refractivity contribution is -0.119. The second-order valence-corrected chi connectivity index (χ2v) is 4.14. The van der Waals surface area contributed by atoms with Crippen LogP contribution in [0.15, 0.2) is 12.1 Å². The maximum Gasteiger partial charge on any atom is 0.405 e. The molecule has 0 saturated carbocycles. The highest BCUT2D eigenvalue weighted by Gasteiger charge is 2.32. The molecule has 0 aliphatic carbocycles. The van der Waals surface area contributed by atoms with E-state index in [1.807, 2.05) is 0 Å². The Morgan fingerprint density at radius 1 is 1.43 bits per heavy atom. The minimum Gasteiger partial charge on any atom is -0.465 e. The number of benzene rings is 1. The van der Waals surface area contributed by atoms with Crippen molar-refractivity contribution in [2.24, 2.45) is 0 Å². The maximum atomic E-state index is 13.8. The van der Waals surface area contributed by atoms with Gasteiger partial charge in [0, 0.05) is 12.2 Å². The summed E-state index contributed by atoms with van der Waals surface area (Å²) < 4.78 is 55.7. The molecule has 0 aliphatic rings. The number of rotatable bonds is 5. The van der Waals surface area contributed by atoms with Crippen LogP contribution in [-0.2, 0) is 4.74 Å². The Labute approximate surface area is 117 Å². The Kier molecular flexibility index (Phi) is 5.36. The average Bonchev–Trinajstić information content (AvgIpc) is 2.36. The Morgan fingerprint density at radius 3 is 2.52 bits per heavy atom. The lowest BCUT2D eigenvalue weighted by atomic mass is 10.1. The zero-order chi connectivity index (χ0) is 16.2. The largest absolute Gasteiger partial charge is 0.465 e. The zero-order valence-electron chi connectivity index (χ0n) is 11.1. The number of alkyl halides is 3. The van der Waals surface area contributed by atoms with Crippen LogP contribution in [0.3, 0.4) is 0 Å². The number of aliphatic hydroxyl groups excluding tert-OH is 1. The Bertz CT molecular complexity index is 520. The number of halogens is 4. The molecule has 118 valence electrons. The van der Waals surface area contributed by atoms with Crippen molar-refractivity contribution >= 4 is 17.3 Å². The standard InChI is InChI=1S/C12H14F4N2O3/c1-21-11(20)7-4-10(8(13)5-9(7)17)18(2-3-19)6-12(14,15)16/h4-5,19H,2-3,6,17H2,1H3. The van der Waals surface area contributed by atoms with Gasteiger partial charge in [-0.25, -0.2) is 9.18 Å². The summed E-state index contributed by atoms with van der Waals surface area (Å²) in [4.78, 5) is 12.0. The molecule has 1 aromatic carbocycles. The molecule has 0 bridgehead atoms. The quantitative estimate of drug-likeness (QED) is 0.490. The monoisotopic (exact) mass is 310 g/mol. The molecule has 0 unspecified atom stereocenters. The van der Waals surface area contributed by atoms with Gasteiger partial charge in [-0.2, -0.15) is 13.2 Å². The van der Waals surface area contributed by atoms with Crippen molar-refractivity contribution in [2.75, 3.05) is 37.4 Å². The number of hydrogen-bond acceptors (Lipinski definition) is 5. The van der Waals surface area contributed by atoms with Crippen LogP contribution in [0.4, 0.5) is 28.9 Å². The van der Waals surface area contributed by atoms with E-state index in [4.69, 9.17) is 10.8 Å². The summed E-state index contributed by atoms with van der Waals surface area (Å²) in [5.74, 6) is -1.93. The average molecular weight is 310 g/mol. The molecule has 21 heavy (non-hydrogen) atoms. The molecule has 1 rings (SSSR count). The molecule has 0 heterocycles. The van der Waals surface area contributed by atoms with Gasteiger partial charge in [-0.15, -0.1) is 0 Å². The van der Waals surface area contributed by atoms with Gasteiger partial charge in [0.25, 0.3) is 0 Å². The molecule has 0 aliphatic heterocycles. The summed E-state index contributed by atoms with van der Waals surface area (Å²) in [6, 6.07) is 1.61. The summed E-state index contributed by atoms with van der Waals surface area (Å²) in [5, 5.41) is 8.82. The number of nitrogens with two attached hydrogens (primary N) is 1. The Morgan fingerprint density at radius 2 is 2.05 bits per heavy atom. The van der Waals surface area contributed by atoms with Crippen molar-refractivity contribution in [1.82, 2.24) is 0 Å². The van der Waals surface area contributed by atoms with Crippen LogP contribution in [-0.4, -0.2) is 44.1 Å². The lowest BCUT2D eigenvalue weighted by Gasteiger charge is -2.26. The van der Waals surface area contributed by atoms with Crippen molar-refractivity contribution in [3.05, 3.63) is 23.5 Å². The van der Waals surface area contributed by atoms with Crippen LogP contribution >= 0.6 is 0 Å². The van der Waals surface area contributed by atoms with Crippen LogP contribution in [0.1, 0.15) is 10.4 Å². The van der Waals surface area contributed by atoms with Crippen LogP contribution in [0.2, 0.25) is 0 Å². The number of carbonyl (C=O) groups excluding carboxylic acids is 1. The van der Waals surface area contributed by atoms with E-state index in [0.29, 0.717) is 4.90 Å². The van der Waals surface area contributed by atoms with Gasteiger partial charge in [-0.05, 0) is 12.1 Å². The van der Waals surface area contributed by atoms with E-state index in [0.717, 1.165) is 19.2 Å². The van der Waals surface area contributed by atoms with E-state index in [9.17, 15) is 22.4 Å². The maximum absolute atomic E-state index is 13.8. The third-order valence-corrected chi connectivity index (χ3v) is 2.61. The zero-order valence-corrected chi connectivity index (χ0v) is 11.1. The number of methoxy groups -OCH3 is 1. The highest BCUT2D eigenvalue weighted by molar-refractivity contribution is 5.96. The topological polar surface area (TPSA) is 75.8 Å². The first-order valence-corrected chi connectivity index (χ1v) is 5.79. The number of esters is 1. The van der Waals surface area contributed by atoms with Crippen LogP contribution < -0.4 is 10.6 Å². The number of nitrogens with zero attached hydrogens (tertiary/aromatic N) is 1. The molecule has 5 nitrogen and oxygen atoms in total. The highest BCUT2D eigenvalue weighted by atomic mass is 19.4. The first-order valence-electron chi connectivity index (χ1n) is 5.79. The number of nitrogen functional groups attached to an aromatic ring is 1. The van der Waals surface area contributed by atoms with E-state index < -0.39 is 43.3 Å². The fraction of sp³-hybridized carbons (Fsp3) is 0.417. The SMILES string of the molecule is COC(=O)c1cc(N(CCO)CC(F)(F)F)c(F)cc1N. The summed E-state index contributed by atoms with van der Waals surface area (Å²) in [5.41, 5.74) is 4.45. The summed E-state index contributed by atoms with van der Waals surface area (Å²) in [6.07, 6.45) is -4.60. The van der Waals surface area contributed by atoms with E-state index in [-0.39, 0.29) is 11.3 Å². The molecule has 0 saturated heterocycles. The van der Waals surface area contributed by atoms with E-state index >= 15 is 0 Å². The van der Waals surface area contributed by atoms with Gasteiger partial charge in [0.15, 0.2) is 0 Å². The number of carbonyl (C=O) groups is 1. The van der Waals surface area contributed by atoms with Gasteiger partial charge in [0.1, 0.15) is 12.4 Å². The summed E-state index contributed by atoms with van der Waals surface area (Å²) in [7, 11) is 1.06. The van der Waals surface area contributed by atoms with E-state index in [1.165, 1.54) is 0 Å². The van der Waals surface area contributed by atoms with Gasteiger partial charge < -0.3 is 20.5 Å². The van der Waals surface area contributed by atoms with Gasteiger partial charge in [-0.1, -0.05) is 0 Å². The lowest BCUT2D eigenvalue weighted by Crippen LogP contribution is -2.37. The van der Waals surface area contributed by atoms with Crippen LogP contribution in [0, 0.1) is 5.82 Å². The van der Waals surface area contributed by atoms with E-state index in [2.05, 4.69) is 4.74 Å². The fourth-order valence-corrected chi connectivity index (χ4v) is 1.73. The molecule has 0 spiro atoms. The van der Waals surface area contributed by atoms with Gasteiger partial charge in [0.2, 0.25) is 0 Å². The van der Waals surface area contributed by atoms with Crippen molar-refractivity contribution in [3.8, 4) is 0 Å². The molecule has 0 fully saturated rings. The molecule has 0 amide bonds. The molecule has 3 N–H and O–H groups in total. The molecule has 0 aromatic heterocycles. The predicted octanol–water partition coefficient (Wildman–Crippen LogP) is 1.56. The van der Waals surface area contributed by atoms with Crippen LogP contribution in [0.25, 0.3) is 0 Å². The predicted molar refractivity (Wildman–Crippen MR) is 67.5 cm³/mol. The minimum absolute atomic E-state index is 0.251. The molecule has 9 heteroatoms. The Hall–Kier alpha value is -2.03. The Balaban J connectivity index is 3.27. The van der Waals surface area contributed by atoms with Crippen molar-refractivity contribution in [1.29, 1.82) is 0 Å². The van der Waals surface area contributed by atoms with E-state index in [1.54, 1.807) is 0 Å². The summed E-state index contributed by atoms with van der Waals surface area (Å²) in [6.45, 7) is -2.55. The third kappa shape index (κ3) is 4.48. The van der Waals surface area contributed by atoms with Gasteiger partial charge >= 0.3 is 12.1 Å². The molecule has 0 radical (unpaired) electrons. The number of aliphatic hydroxyl groups is 1. The first kappa shape index (κ1) is 17.0. The number of anilines is 2. The minimum atomic E-state index is -4.60. The second-order valence-electron chi connectivity index (χ2n) is 4.14. The van der Waals surface area contributed by atoms with Crippen LogP contribution in [0.5, 0.6) is 0 Å². The highest BCUT2D eigenvalue weighted by Crippen LogP contribution is 2.28.